The first-order valence-electron chi connectivity index (χ1n) is 7.38. The van der Waals surface area contributed by atoms with E-state index >= 15 is 0 Å². The predicted octanol–water partition coefficient (Wildman–Crippen LogP) is 3.85. The summed E-state index contributed by atoms with van der Waals surface area (Å²) in [5.74, 6) is 1.87. The highest BCUT2D eigenvalue weighted by atomic mass is 16.5. The Kier molecular flexibility index (Phi) is 4.95. The van der Waals surface area contributed by atoms with Gasteiger partial charge in [0.25, 0.3) is 0 Å². The molecule has 0 N–H and O–H groups in total. The van der Waals surface area contributed by atoms with Crippen molar-refractivity contribution in [3.63, 3.8) is 0 Å². The van der Waals surface area contributed by atoms with E-state index < -0.39 is 0 Å². The minimum atomic E-state index is 0.448. The maximum atomic E-state index is 6.11. The first-order valence-corrected chi connectivity index (χ1v) is 7.38. The summed E-state index contributed by atoms with van der Waals surface area (Å²) < 4.78 is 11.4. The van der Waals surface area contributed by atoms with E-state index in [1.807, 2.05) is 18.2 Å². The van der Waals surface area contributed by atoms with Gasteiger partial charge in [0.05, 0.1) is 7.11 Å². The summed E-state index contributed by atoms with van der Waals surface area (Å²) in [4.78, 5) is 0. The quantitative estimate of drug-likeness (QED) is 0.775. The van der Waals surface area contributed by atoms with Gasteiger partial charge in [0.2, 0.25) is 0 Å². The molecule has 2 nitrogen and oxygen atoms in total. The van der Waals surface area contributed by atoms with Gasteiger partial charge in [-0.1, -0.05) is 43.5 Å². The summed E-state index contributed by atoms with van der Waals surface area (Å²) in [5.41, 5.74) is 4.87. The van der Waals surface area contributed by atoms with Crippen molar-refractivity contribution < 1.29 is 9.47 Å². The molecule has 0 aliphatic heterocycles. The zero-order valence-corrected chi connectivity index (χ0v) is 13.6. The summed E-state index contributed by atoms with van der Waals surface area (Å²) in [6, 6.07) is 12.4. The molecule has 0 aromatic heterocycles. The van der Waals surface area contributed by atoms with Crippen LogP contribution in [0.2, 0.25) is 13.6 Å². The molecule has 0 atom stereocenters. The minimum Gasteiger partial charge on any atom is -0.497 e. The number of benzene rings is 2. The average Bonchev–Trinajstić information content (AvgIpc) is 2.45. The second-order valence-corrected chi connectivity index (χ2v) is 5.80. The lowest BCUT2D eigenvalue weighted by Crippen LogP contribution is -2.26. The molecule has 0 saturated carbocycles. The number of rotatable bonds is 5. The molecule has 3 heteroatoms. The second kappa shape index (κ2) is 6.71. The normalized spacial score (nSPS) is 10.3. The van der Waals surface area contributed by atoms with E-state index in [1.165, 1.54) is 16.6 Å². The van der Waals surface area contributed by atoms with Crippen LogP contribution in [0, 0.1) is 13.8 Å². The van der Waals surface area contributed by atoms with Crippen LogP contribution in [0.3, 0.4) is 0 Å². The van der Waals surface area contributed by atoms with E-state index in [-0.39, 0.29) is 0 Å². The summed E-state index contributed by atoms with van der Waals surface area (Å²) in [5, 5.41) is 0. The molecule has 0 heterocycles. The van der Waals surface area contributed by atoms with Crippen LogP contribution in [0.5, 0.6) is 11.5 Å². The van der Waals surface area contributed by atoms with Crippen LogP contribution in [0.1, 0.15) is 16.7 Å². The van der Waals surface area contributed by atoms with E-state index in [0.717, 1.165) is 17.1 Å². The Labute approximate surface area is 128 Å². The van der Waals surface area contributed by atoms with Gasteiger partial charge >= 0.3 is 0 Å². The topological polar surface area (TPSA) is 18.5 Å². The predicted molar refractivity (Wildman–Crippen MR) is 90.4 cm³/mol. The maximum Gasteiger partial charge on any atom is 0.174 e. The molecule has 0 bridgehead atoms. The third-order valence-electron chi connectivity index (χ3n) is 3.59. The van der Waals surface area contributed by atoms with Gasteiger partial charge in [0, 0.05) is 0 Å². The fourth-order valence-electron chi connectivity index (χ4n) is 2.53. The monoisotopic (exact) mass is 282 g/mol. The van der Waals surface area contributed by atoms with Crippen molar-refractivity contribution in [2.24, 2.45) is 0 Å². The first-order chi connectivity index (χ1) is 10.0. The largest absolute Gasteiger partial charge is 0.497 e. The standard InChI is InChI=1S/C18H23BO2/c1-13-9-14(2)18(17(10-13)19(3)4)21-12-15-7-6-8-16(11-15)20-5/h6-11H,12H2,1-5H3. The Morgan fingerprint density at radius 2 is 1.81 bits per heavy atom. The third kappa shape index (κ3) is 3.81. The van der Waals surface area contributed by atoms with Crippen molar-refractivity contribution in [2.45, 2.75) is 34.1 Å². The van der Waals surface area contributed by atoms with Gasteiger partial charge in [-0.2, -0.15) is 0 Å². The van der Waals surface area contributed by atoms with E-state index in [9.17, 15) is 0 Å². The Morgan fingerprint density at radius 1 is 1.05 bits per heavy atom. The smallest absolute Gasteiger partial charge is 0.174 e. The van der Waals surface area contributed by atoms with Crippen molar-refractivity contribution in [3.05, 3.63) is 53.1 Å². The van der Waals surface area contributed by atoms with Crippen LogP contribution in [0.15, 0.2) is 36.4 Å². The van der Waals surface area contributed by atoms with Gasteiger partial charge < -0.3 is 9.47 Å². The lowest BCUT2D eigenvalue weighted by Gasteiger charge is -2.17. The number of hydrogen-bond acceptors (Lipinski definition) is 2. The molecule has 110 valence electrons. The summed E-state index contributed by atoms with van der Waals surface area (Å²) in [6.07, 6.45) is 0. The Balaban J connectivity index is 2.23. The number of methoxy groups -OCH3 is 1. The summed E-state index contributed by atoms with van der Waals surface area (Å²) >= 11 is 0. The van der Waals surface area contributed by atoms with E-state index in [0.29, 0.717) is 13.3 Å². The summed E-state index contributed by atoms with van der Waals surface area (Å²) in [7, 11) is 1.68. The average molecular weight is 282 g/mol. The van der Waals surface area contributed by atoms with Crippen molar-refractivity contribution in [3.8, 4) is 11.5 Å². The van der Waals surface area contributed by atoms with Gasteiger partial charge in [-0.15, -0.1) is 0 Å². The molecule has 2 aromatic rings. The molecular formula is C18H23BO2. The van der Waals surface area contributed by atoms with E-state index in [2.05, 4.69) is 45.7 Å². The van der Waals surface area contributed by atoms with Gasteiger partial charge in [-0.25, -0.2) is 0 Å². The molecule has 0 spiro atoms. The number of hydrogen-bond donors (Lipinski definition) is 0. The fraction of sp³-hybridized carbons (Fsp3) is 0.333. The zero-order chi connectivity index (χ0) is 15.4. The van der Waals surface area contributed by atoms with Crippen molar-refractivity contribution in [1.82, 2.24) is 0 Å². The minimum absolute atomic E-state index is 0.448. The fourth-order valence-corrected chi connectivity index (χ4v) is 2.53. The zero-order valence-electron chi connectivity index (χ0n) is 13.6. The molecule has 2 aromatic carbocycles. The molecule has 0 aliphatic rings. The molecule has 21 heavy (non-hydrogen) atoms. The van der Waals surface area contributed by atoms with E-state index in [1.54, 1.807) is 7.11 Å². The summed E-state index contributed by atoms with van der Waals surface area (Å²) in [6.45, 7) is 9.65. The van der Waals surface area contributed by atoms with Crippen LogP contribution >= 0.6 is 0 Å². The number of ether oxygens (including phenoxy) is 2. The van der Waals surface area contributed by atoms with Gasteiger partial charge in [-0.05, 0) is 42.6 Å². The molecule has 0 radical (unpaired) electrons. The Bertz CT molecular complexity index is 621. The van der Waals surface area contributed by atoms with Gasteiger partial charge in [0.15, 0.2) is 6.71 Å². The highest BCUT2D eigenvalue weighted by Gasteiger charge is 2.14. The van der Waals surface area contributed by atoms with Crippen molar-refractivity contribution in [1.29, 1.82) is 0 Å². The van der Waals surface area contributed by atoms with Crippen LogP contribution in [0.4, 0.5) is 0 Å². The Morgan fingerprint density at radius 3 is 2.48 bits per heavy atom. The highest BCUT2D eigenvalue weighted by Crippen LogP contribution is 2.20. The Hall–Kier alpha value is -1.90. The molecule has 0 saturated heterocycles. The van der Waals surface area contributed by atoms with Crippen molar-refractivity contribution in [2.75, 3.05) is 7.11 Å². The van der Waals surface area contributed by atoms with Crippen LogP contribution < -0.4 is 14.9 Å². The maximum absolute atomic E-state index is 6.11. The van der Waals surface area contributed by atoms with Crippen molar-refractivity contribution >= 4 is 12.2 Å². The molecule has 0 unspecified atom stereocenters. The molecule has 2 rings (SSSR count). The number of aryl methyl sites for hydroxylation is 2. The SMILES string of the molecule is COc1cccc(COc2c(C)cc(C)cc2B(C)C)c1. The molecule has 0 fully saturated rings. The van der Waals surface area contributed by atoms with E-state index in [4.69, 9.17) is 9.47 Å². The molecule has 0 aliphatic carbocycles. The lowest BCUT2D eigenvalue weighted by atomic mass is 9.49. The molecular weight excluding hydrogens is 259 g/mol. The van der Waals surface area contributed by atoms with Gasteiger partial charge in [-0.3, -0.25) is 0 Å². The first kappa shape index (κ1) is 15.5. The van der Waals surface area contributed by atoms with Gasteiger partial charge in [0.1, 0.15) is 18.1 Å². The van der Waals surface area contributed by atoms with Crippen LogP contribution in [-0.4, -0.2) is 13.8 Å². The molecule has 0 amide bonds. The highest BCUT2D eigenvalue weighted by molar-refractivity contribution is 6.71. The second-order valence-electron chi connectivity index (χ2n) is 5.80. The lowest BCUT2D eigenvalue weighted by molar-refractivity contribution is 0.305. The van der Waals surface area contributed by atoms with Crippen LogP contribution in [-0.2, 0) is 6.61 Å². The third-order valence-corrected chi connectivity index (χ3v) is 3.59. The van der Waals surface area contributed by atoms with Crippen LogP contribution in [0.25, 0.3) is 0 Å².